The Morgan fingerprint density at radius 1 is 1.41 bits per heavy atom. The third-order valence-corrected chi connectivity index (χ3v) is 2.70. The highest BCUT2D eigenvalue weighted by Gasteiger charge is 2.09. The molecule has 1 heterocycles. The quantitative estimate of drug-likeness (QED) is 0.768. The SMILES string of the molecule is CC(C)CCC(C)NCc1cc(C(=O)O)co1. The Labute approximate surface area is 102 Å². The van der Waals surface area contributed by atoms with E-state index in [1.807, 2.05) is 0 Å². The van der Waals surface area contributed by atoms with Gasteiger partial charge in [0.15, 0.2) is 0 Å². The van der Waals surface area contributed by atoms with Gasteiger partial charge in [-0.3, -0.25) is 0 Å². The normalized spacial score (nSPS) is 12.9. The lowest BCUT2D eigenvalue weighted by molar-refractivity contribution is 0.0696. The molecule has 0 aliphatic heterocycles. The number of hydrogen-bond donors (Lipinski definition) is 2. The Morgan fingerprint density at radius 2 is 2.12 bits per heavy atom. The molecule has 0 aliphatic rings. The van der Waals surface area contributed by atoms with Crippen molar-refractivity contribution < 1.29 is 14.3 Å². The molecule has 1 aromatic heterocycles. The zero-order chi connectivity index (χ0) is 12.8. The van der Waals surface area contributed by atoms with E-state index < -0.39 is 5.97 Å². The largest absolute Gasteiger partial charge is 0.478 e. The fraction of sp³-hybridized carbons (Fsp3) is 0.615. The smallest absolute Gasteiger partial charge is 0.338 e. The second kappa shape index (κ2) is 6.45. The fourth-order valence-electron chi connectivity index (χ4n) is 1.55. The van der Waals surface area contributed by atoms with Crippen LogP contribution in [0.25, 0.3) is 0 Å². The summed E-state index contributed by atoms with van der Waals surface area (Å²) in [4.78, 5) is 10.6. The van der Waals surface area contributed by atoms with E-state index in [0.29, 0.717) is 24.3 Å². The van der Waals surface area contributed by atoms with Crippen LogP contribution in [0.5, 0.6) is 0 Å². The highest BCUT2D eigenvalue weighted by atomic mass is 16.4. The van der Waals surface area contributed by atoms with Crippen LogP contribution in [0, 0.1) is 5.92 Å². The molecule has 1 aromatic rings. The maximum absolute atomic E-state index is 10.6. The van der Waals surface area contributed by atoms with Crippen LogP contribution in [0.3, 0.4) is 0 Å². The Hall–Kier alpha value is -1.29. The van der Waals surface area contributed by atoms with E-state index in [9.17, 15) is 4.79 Å². The minimum absolute atomic E-state index is 0.205. The third kappa shape index (κ3) is 5.04. The van der Waals surface area contributed by atoms with E-state index in [4.69, 9.17) is 9.52 Å². The van der Waals surface area contributed by atoms with Crippen molar-refractivity contribution in [3.63, 3.8) is 0 Å². The van der Waals surface area contributed by atoms with Crippen LogP contribution in [0.2, 0.25) is 0 Å². The summed E-state index contributed by atoms with van der Waals surface area (Å²) in [5.41, 5.74) is 0.205. The van der Waals surface area contributed by atoms with Crippen molar-refractivity contribution in [3.05, 3.63) is 23.7 Å². The molecule has 0 saturated heterocycles. The average molecular weight is 239 g/mol. The van der Waals surface area contributed by atoms with Gasteiger partial charge in [0, 0.05) is 6.04 Å². The standard InChI is InChI=1S/C13H21NO3/c1-9(2)4-5-10(3)14-7-12-6-11(8-17-12)13(15)16/h6,8-10,14H,4-5,7H2,1-3H3,(H,15,16). The van der Waals surface area contributed by atoms with Gasteiger partial charge < -0.3 is 14.8 Å². The lowest BCUT2D eigenvalue weighted by Crippen LogP contribution is -2.25. The molecule has 96 valence electrons. The first-order valence-electron chi connectivity index (χ1n) is 6.03. The molecular weight excluding hydrogens is 218 g/mol. The minimum atomic E-state index is -0.951. The lowest BCUT2D eigenvalue weighted by atomic mass is 10.0. The highest BCUT2D eigenvalue weighted by Crippen LogP contribution is 2.10. The molecule has 1 unspecified atom stereocenters. The summed E-state index contributed by atoms with van der Waals surface area (Å²) in [5.74, 6) is 0.424. The van der Waals surface area contributed by atoms with E-state index in [0.717, 1.165) is 6.42 Å². The van der Waals surface area contributed by atoms with Crippen LogP contribution < -0.4 is 5.32 Å². The first-order valence-corrected chi connectivity index (χ1v) is 6.03. The summed E-state index contributed by atoms with van der Waals surface area (Å²) in [6.45, 7) is 7.12. The van der Waals surface area contributed by atoms with Gasteiger partial charge in [0.05, 0.1) is 12.1 Å². The van der Waals surface area contributed by atoms with Crippen molar-refractivity contribution in [1.29, 1.82) is 0 Å². The van der Waals surface area contributed by atoms with Crippen molar-refractivity contribution in [2.24, 2.45) is 5.92 Å². The van der Waals surface area contributed by atoms with Gasteiger partial charge in [0.1, 0.15) is 12.0 Å². The van der Waals surface area contributed by atoms with Gasteiger partial charge >= 0.3 is 5.97 Å². The van der Waals surface area contributed by atoms with Gasteiger partial charge in [0.2, 0.25) is 0 Å². The topological polar surface area (TPSA) is 62.5 Å². The molecule has 0 amide bonds. The Morgan fingerprint density at radius 3 is 2.65 bits per heavy atom. The predicted molar refractivity (Wildman–Crippen MR) is 66.0 cm³/mol. The molecule has 0 aliphatic carbocycles. The number of rotatable bonds is 7. The summed E-state index contributed by atoms with van der Waals surface area (Å²) in [5, 5.41) is 12.1. The number of carbonyl (C=O) groups is 1. The number of aromatic carboxylic acids is 1. The Balaban J connectivity index is 2.31. The average Bonchev–Trinajstić information content (AvgIpc) is 2.72. The monoisotopic (exact) mass is 239 g/mol. The molecule has 0 fully saturated rings. The van der Waals surface area contributed by atoms with Crippen LogP contribution in [0.4, 0.5) is 0 Å². The molecule has 4 heteroatoms. The fourth-order valence-corrected chi connectivity index (χ4v) is 1.55. The minimum Gasteiger partial charge on any atom is -0.478 e. The van der Waals surface area contributed by atoms with Crippen molar-refractivity contribution in [3.8, 4) is 0 Å². The molecule has 1 atom stereocenters. The van der Waals surface area contributed by atoms with E-state index in [-0.39, 0.29) is 5.56 Å². The highest BCUT2D eigenvalue weighted by molar-refractivity contribution is 5.87. The van der Waals surface area contributed by atoms with Crippen LogP contribution in [0.1, 0.15) is 49.7 Å². The molecule has 0 saturated carbocycles. The van der Waals surface area contributed by atoms with Crippen LogP contribution in [-0.4, -0.2) is 17.1 Å². The Kier molecular flexibility index (Phi) is 5.22. The maximum Gasteiger partial charge on any atom is 0.338 e. The molecule has 4 nitrogen and oxygen atoms in total. The molecule has 0 radical (unpaired) electrons. The summed E-state index contributed by atoms with van der Waals surface area (Å²) in [7, 11) is 0. The first kappa shape index (κ1) is 13.8. The molecule has 0 aromatic carbocycles. The van der Waals surface area contributed by atoms with E-state index in [1.54, 1.807) is 6.07 Å². The number of hydrogen-bond acceptors (Lipinski definition) is 3. The van der Waals surface area contributed by atoms with Crippen molar-refractivity contribution in [2.75, 3.05) is 0 Å². The van der Waals surface area contributed by atoms with Gasteiger partial charge in [-0.15, -0.1) is 0 Å². The van der Waals surface area contributed by atoms with Crippen LogP contribution in [-0.2, 0) is 6.54 Å². The van der Waals surface area contributed by atoms with Gasteiger partial charge in [-0.2, -0.15) is 0 Å². The molecule has 1 rings (SSSR count). The zero-order valence-electron chi connectivity index (χ0n) is 10.7. The number of carboxylic acid groups (broad SMARTS) is 1. The summed E-state index contributed by atoms with van der Waals surface area (Å²) in [6.07, 6.45) is 3.58. The predicted octanol–water partition coefficient (Wildman–Crippen LogP) is 2.89. The molecule has 2 N–H and O–H groups in total. The van der Waals surface area contributed by atoms with Crippen molar-refractivity contribution in [2.45, 2.75) is 46.2 Å². The van der Waals surface area contributed by atoms with Crippen molar-refractivity contribution in [1.82, 2.24) is 5.32 Å². The summed E-state index contributed by atoms with van der Waals surface area (Å²) in [6, 6.07) is 1.97. The zero-order valence-corrected chi connectivity index (χ0v) is 10.7. The summed E-state index contributed by atoms with van der Waals surface area (Å²) >= 11 is 0. The maximum atomic E-state index is 10.6. The van der Waals surface area contributed by atoms with E-state index >= 15 is 0 Å². The van der Waals surface area contributed by atoms with Gasteiger partial charge in [-0.25, -0.2) is 4.79 Å². The molecule has 0 spiro atoms. The third-order valence-electron chi connectivity index (χ3n) is 2.70. The van der Waals surface area contributed by atoms with Gasteiger partial charge in [0.25, 0.3) is 0 Å². The second-order valence-corrected chi connectivity index (χ2v) is 4.86. The van der Waals surface area contributed by atoms with Crippen LogP contribution in [0.15, 0.2) is 16.7 Å². The molecule has 17 heavy (non-hydrogen) atoms. The molecular formula is C13H21NO3. The second-order valence-electron chi connectivity index (χ2n) is 4.86. The molecule has 0 bridgehead atoms. The van der Waals surface area contributed by atoms with Crippen molar-refractivity contribution >= 4 is 5.97 Å². The van der Waals surface area contributed by atoms with Gasteiger partial charge in [-0.1, -0.05) is 13.8 Å². The van der Waals surface area contributed by atoms with E-state index in [1.165, 1.54) is 12.7 Å². The number of furan rings is 1. The number of carboxylic acids is 1. The van der Waals surface area contributed by atoms with Gasteiger partial charge in [-0.05, 0) is 31.7 Å². The number of nitrogens with one attached hydrogen (secondary N) is 1. The first-order chi connectivity index (χ1) is 7.99. The Bertz CT molecular complexity index is 357. The lowest BCUT2D eigenvalue weighted by Gasteiger charge is -2.13. The summed E-state index contributed by atoms with van der Waals surface area (Å²) < 4.78 is 5.16. The van der Waals surface area contributed by atoms with Crippen LogP contribution >= 0.6 is 0 Å². The van der Waals surface area contributed by atoms with E-state index in [2.05, 4.69) is 26.1 Å².